The summed E-state index contributed by atoms with van der Waals surface area (Å²) in [7, 11) is 0. The van der Waals surface area contributed by atoms with E-state index in [0.29, 0.717) is 40.7 Å². The molecule has 6 nitrogen and oxygen atoms in total. The lowest BCUT2D eigenvalue weighted by Crippen LogP contribution is -2.41. The quantitative estimate of drug-likeness (QED) is 0.645. The molecule has 0 bridgehead atoms. The summed E-state index contributed by atoms with van der Waals surface area (Å²) >= 11 is 1.25. The summed E-state index contributed by atoms with van der Waals surface area (Å²) in [5.74, 6) is 0. The summed E-state index contributed by atoms with van der Waals surface area (Å²) in [4.78, 5) is 22.8. The first kappa shape index (κ1) is 19.8. The summed E-state index contributed by atoms with van der Waals surface area (Å²) in [6, 6.07) is 4.10. The van der Waals surface area contributed by atoms with E-state index < -0.39 is 11.7 Å². The molecule has 29 heavy (non-hydrogen) atoms. The van der Waals surface area contributed by atoms with Gasteiger partial charge in [0.1, 0.15) is 11.0 Å². The van der Waals surface area contributed by atoms with Crippen molar-refractivity contribution in [2.45, 2.75) is 32.7 Å². The number of thiazole rings is 1. The lowest BCUT2D eigenvalue weighted by molar-refractivity contribution is -0.138. The smallest absolute Gasteiger partial charge is 0.375 e. The molecular formula is C19H19F3N4O2S. The van der Waals surface area contributed by atoms with Crippen molar-refractivity contribution >= 4 is 26.8 Å². The lowest BCUT2D eigenvalue weighted by atomic mass is 10.0. The van der Waals surface area contributed by atoms with Crippen molar-refractivity contribution in [3.63, 3.8) is 0 Å². The lowest BCUT2D eigenvalue weighted by Gasteiger charge is -2.30. The zero-order chi connectivity index (χ0) is 20.8. The molecule has 0 saturated carbocycles. The monoisotopic (exact) mass is 424 g/mol. The van der Waals surface area contributed by atoms with E-state index in [1.165, 1.54) is 30.7 Å². The van der Waals surface area contributed by atoms with Crippen LogP contribution < -0.4 is 10.5 Å². The van der Waals surface area contributed by atoms with E-state index in [-0.39, 0.29) is 23.8 Å². The van der Waals surface area contributed by atoms with Crippen LogP contribution in [0.15, 0.2) is 29.3 Å². The third-order valence-corrected chi connectivity index (χ3v) is 6.08. The Labute approximate surface area is 168 Å². The highest BCUT2D eigenvalue weighted by Gasteiger charge is 2.33. The van der Waals surface area contributed by atoms with E-state index in [4.69, 9.17) is 4.74 Å². The fourth-order valence-corrected chi connectivity index (χ4v) is 4.46. The minimum absolute atomic E-state index is 0.0560. The Morgan fingerprint density at radius 3 is 2.86 bits per heavy atom. The molecule has 1 aromatic carbocycles. The molecule has 1 unspecified atom stereocenters. The van der Waals surface area contributed by atoms with E-state index in [0.717, 1.165) is 6.07 Å². The molecule has 3 heterocycles. The Hall–Kier alpha value is -2.46. The third kappa shape index (κ3) is 3.86. The van der Waals surface area contributed by atoms with Crippen LogP contribution in [-0.2, 0) is 17.5 Å². The van der Waals surface area contributed by atoms with E-state index in [1.54, 1.807) is 10.6 Å². The number of hydrogen-bond donors (Lipinski definition) is 0. The molecule has 1 saturated heterocycles. The maximum Gasteiger partial charge on any atom is 0.416 e. The predicted molar refractivity (Wildman–Crippen MR) is 105 cm³/mol. The summed E-state index contributed by atoms with van der Waals surface area (Å²) in [5, 5.41) is 0.690. The molecule has 3 aromatic rings. The van der Waals surface area contributed by atoms with E-state index >= 15 is 0 Å². The number of nitrogens with zero attached hydrogens (tertiary/aromatic N) is 4. The van der Waals surface area contributed by atoms with Crippen molar-refractivity contribution in [1.82, 2.24) is 14.5 Å². The normalized spacial score (nSPS) is 17.8. The van der Waals surface area contributed by atoms with Gasteiger partial charge in [0, 0.05) is 13.1 Å². The van der Waals surface area contributed by atoms with Gasteiger partial charge in [0.25, 0.3) is 5.56 Å². The zero-order valence-electron chi connectivity index (χ0n) is 15.9. The Morgan fingerprint density at radius 2 is 2.14 bits per heavy atom. The van der Waals surface area contributed by atoms with E-state index in [2.05, 4.69) is 14.9 Å². The van der Waals surface area contributed by atoms with Crippen molar-refractivity contribution in [2.24, 2.45) is 0 Å². The van der Waals surface area contributed by atoms with Gasteiger partial charge in [-0.3, -0.25) is 4.79 Å². The summed E-state index contributed by atoms with van der Waals surface area (Å²) in [5.41, 5.74) is 0.0370. The van der Waals surface area contributed by atoms with Gasteiger partial charge < -0.3 is 14.2 Å². The molecule has 0 spiro atoms. The van der Waals surface area contributed by atoms with Gasteiger partial charge in [0.05, 0.1) is 24.8 Å². The number of rotatable bonds is 3. The van der Waals surface area contributed by atoms with Gasteiger partial charge in [0.15, 0.2) is 10.8 Å². The summed E-state index contributed by atoms with van der Waals surface area (Å²) in [6.07, 6.45) is -3.02. The second-order valence-electron chi connectivity index (χ2n) is 7.04. The van der Waals surface area contributed by atoms with Gasteiger partial charge >= 0.3 is 6.18 Å². The van der Waals surface area contributed by atoms with Crippen LogP contribution in [0.3, 0.4) is 0 Å². The number of morpholine rings is 1. The number of halogens is 3. The van der Waals surface area contributed by atoms with Crippen LogP contribution in [0.5, 0.6) is 0 Å². The van der Waals surface area contributed by atoms with Crippen molar-refractivity contribution in [3.05, 3.63) is 51.6 Å². The van der Waals surface area contributed by atoms with Crippen LogP contribution in [0.2, 0.25) is 0 Å². The number of aromatic nitrogens is 3. The highest BCUT2D eigenvalue weighted by Crippen LogP contribution is 2.33. The van der Waals surface area contributed by atoms with E-state index in [9.17, 15) is 18.0 Å². The van der Waals surface area contributed by atoms with Gasteiger partial charge in [-0.15, -0.1) is 0 Å². The van der Waals surface area contributed by atoms with Gasteiger partial charge in [-0.1, -0.05) is 23.5 Å². The largest absolute Gasteiger partial charge is 0.416 e. The Morgan fingerprint density at radius 1 is 1.34 bits per heavy atom. The standard InChI is InChI=1S/C19H19F3N4O2S/c1-11-8-25(6-7-28-11)18-24-16-15(29-18)17(27)23-10-26(16)9-13-4-3-5-14(12(13)2)19(20,21)22/h3-5,10-11H,6-9H2,1-2H3. The van der Waals surface area contributed by atoms with Gasteiger partial charge in [-0.25, -0.2) is 4.98 Å². The van der Waals surface area contributed by atoms with Gasteiger partial charge in [0.2, 0.25) is 0 Å². The first-order chi connectivity index (χ1) is 13.7. The average molecular weight is 424 g/mol. The number of alkyl halides is 3. The van der Waals surface area contributed by atoms with Crippen LogP contribution in [0, 0.1) is 6.92 Å². The Balaban J connectivity index is 1.74. The Kier molecular flexibility index (Phi) is 5.07. The highest BCUT2D eigenvalue weighted by molar-refractivity contribution is 7.22. The molecular weight excluding hydrogens is 405 g/mol. The minimum atomic E-state index is -4.42. The predicted octanol–water partition coefficient (Wildman–Crippen LogP) is 3.45. The maximum atomic E-state index is 13.2. The summed E-state index contributed by atoms with van der Waals surface area (Å²) < 4.78 is 47.3. The zero-order valence-corrected chi connectivity index (χ0v) is 16.7. The number of fused-ring (bicyclic) bond motifs is 1. The van der Waals surface area contributed by atoms with Crippen LogP contribution >= 0.6 is 11.3 Å². The highest BCUT2D eigenvalue weighted by atomic mass is 32.1. The van der Waals surface area contributed by atoms with Crippen molar-refractivity contribution in [3.8, 4) is 0 Å². The summed E-state index contributed by atoms with van der Waals surface area (Å²) in [6.45, 7) is 5.46. The number of benzene rings is 1. The fourth-order valence-electron chi connectivity index (χ4n) is 3.46. The minimum Gasteiger partial charge on any atom is -0.375 e. The first-order valence-electron chi connectivity index (χ1n) is 9.12. The molecule has 1 aliphatic rings. The van der Waals surface area contributed by atoms with Crippen LogP contribution in [0.4, 0.5) is 18.3 Å². The number of anilines is 1. The molecule has 0 N–H and O–H groups in total. The molecule has 4 rings (SSSR count). The van der Waals surface area contributed by atoms with Crippen molar-refractivity contribution in [1.29, 1.82) is 0 Å². The SMILES string of the molecule is Cc1c(Cn2cnc(=O)c3sc(N4CCOC(C)C4)nc32)cccc1C(F)(F)F. The average Bonchev–Trinajstić information content (AvgIpc) is 3.11. The number of hydrogen-bond acceptors (Lipinski definition) is 6. The van der Waals surface area contributed by atoms with Crippen molar-refractivity contribution < 1.29 is 17.9 Å². The molecule has 154 valence electrons. The van der Waals surface area contributed by atoms with Crippen LogP contribution in [0.1, 0.15) is 23.6 Å². The molecule has 0 radical (unpaired) electrons. The van der Waals surface area contributed by atoms with Gasteiger partial charge in [-0.2, -0.15) is 18.2 Å². The molecule has 1 fully saturated rings. The molecule has 1 atom stereocenters. The first-order valence-corrected chi connectivity index (χ1v) is 9.94. The van der Waals surface area contributed by atoms with Crippen molar-refractivity contribution in [2.75, 3.05) is 24.6 Å². The van der Waals surface area contributed by atoms with E-state index in [1.807, 2.05) is 6.92 Å². The molecule has 10 heteroatoms. The molecule has 2 aromatic heterocycles. The Bertz CT molecular complexity index is 1110. The fraction of sp³-hybridized carbons (Fsp3) is 0.421. The number of ether oxygens (including phenoxy) is 1. The maximum absolute atomic E-state index is 13.2. The van der Waals surface area contributed by atoms with Crippen LogP contribution in [-0.4, -0.2) is 40.3 Å². The third-order valence-electron chi connectivity index (χ3n) is 4.98. The molecule has 0 aliphatic carbocycles. The second-order valence-corrected chi connectivity index (χ2v) is 8.02. The van der Waals surface area contributed by atoms with Gasteiger partial charge in [-0.05, 0) is 31.0 Å². The molecule has 1 aliphatic heterocycles. The van der Waals surface area contributed by atoms with Crippen LogP contribution in [0.25, 0.3) is 10.3 Å². The second kappa shape index (κ2) is 7.42. The topological polar surface area (TPSA) is 60.2 Å². The molecule has 0 amide bonds.